The topological polar surface area (TPSA) is 29.1 Å². The highest BCUT2D eigenvalue weighted by Gasteiger charge is 2.24. The molecule has 0 unspecified atom stereocenters. The summed E-state index contributed by atoms with van der Waals surface area (Å²) in [6.07, 6.45) is 1.84. The number of anilines is 1. The molecule has 0 fully saturated rings. The van der Waals surface area contributed by atoms with Crippen molar-refractivity contribution in [3.8, 4) is 0 Å². The van der Waals surface area contributed by atoms with E-state index in [2.05, 4.69) is 5.32 Å². The van der Waals surface area contributed by atoms with Crippen LogP contribution in [0.3, 0.4) is 0 Å². The van der Waals surface area contributed by atoms with Crippen molar-refractivity contribution >= 4 is 57.8 Å². The summed E-state index contributed by atoms with van der Waals surface area (Å²) in [4.78, 5) is 12.9. The van der Waals surface area contributed by atoms with E-state index in [-0.39, 0.29) is 5.91 Å². The maximum atomic E-state index is 11.9. The van der Waals surface area contributed by atoms with E-state index in [0.29, 0.717) is 14.9 Å². The van der Waals surface area contributed by atoms with Gasteiger partial charge in [0.25, 0.3) is 5.91 Å². The SMILES string of the molecule is O=C1Nc2cc(Cl)ccc2C1=Cc1ccc(Cl)s1. The number of thiophene rings is 1. The third-order valence-corrected chi connectivity index (χ3v) is 4.06. The van der Waals surface area contributed by atoms with Gasteiger partial charge in [0.05, 0.1) is 15.6 Å². The Bertz CT molecular complexity index is 675. The van der Waals surface area contributed by atoms with Crippen molar-refractivity contribution in [2.75, 3.05) is 5.32 Å². The second-order valence-electron chi connectivity index (χ2n) is 3.84. The molecule has 0 atom stereocenters. The van der Waals surface area contributed by atoms with Gasteiger partial charge in [0.15, 0.2) is 0 Å². The number of amides is 1. The Morgan fingerprint density at radius 2 is 2.00 bits per heavy atom. The van der Waals surface area contributed by atoms with E-state index < -0.39 is 0 Å². The fourth-order valence-electron chi connectivity index (χ4n) is 1.86. The summed E-state index contributed by atoms with van der Waals surface area (Å²) in [5.41, 5.74) is 2.26. The highest BCUT2D eigenvalue weighted by Crippen LogP contribution is 2.36. The van der Waals surface area contributed by atoms with Gasteiger partial charge in [0.1, 0.15) is 0 Å². The molecular formula is C13H7Cl2NOS. The Morgan fingerprint density at radius 3 is 2.72 bits per heavy atom. The molecule has 2 aromatic rings. The summed E-state index contributed by atoms with van der Waals surface area (Å²) >= 11 is 13.2. The van der Waals surface area contributed by atoms with Gasteiger partial charge in [-0.1, -0.05) is 29.3 Å². The lowest BCUT2D eigenvalue weighted by atomic mass is 10.1. The fourth-order valence-corrected chi connectivity index (χ4v) is 3.03. The van der Waals surface area contributed by atoms with Gasteiger partial charge in [-0.15, -0.1) is 11.3 Å². The molecule has 0 bridgehead atoms. The zero-order valence-electron chi connectivity index (χ0n) is 9.04. The third-order valence-electron chi connectivity index (χ3n) is 2.65. The van der Waals surface area contributed by atoms with E-state index >= 15 is 0 Å². The van der Waals surface area contributed by atoms with Crippen molar-refractivity contribution in [3.05, 3.63) is 50.1 Å². The van der Waals surface area contributed by atoms with Gasteiger partial charge in [0.2, 0.25) is 0 Å². The van der Waals surface area contributed by atoms with Gasteiger partial charge >= 0.3 is 0 Å². The lowest BCUT2D eigenvalue weighted by molar-refractivity contribution is -0.110. The quantitative estimate of drug-likeness (QED) is 0.769. The number of rotatable bonds is 1. The molecule has 0 radical (unpaired) electrons. The normalized spacial score (nSPS) is 15.9. The Hall–Kier alpha value is -1.29. The summed E-state index contributed by atoms with van der Waals surface area (Å²) in [5, 5.41) is 3.40. The lowest BCUT2D eigenvalue weighted by Crippen LogP contribution is -2.03. The van der Waals surface area contributed by atoms with E-state index in [1.54, 1.807) is 12.1 Å². The maximum absolute atomic E-state index is 11.9. The molecule has 5 heteroatoms. The monoisotopic (exact) mass is 295 g/mol. The number of fused-ring (bicyclic) bond motifs is 1. The van der Waals surface area contributed by atoms with Crippen LogP contribution in [0.4, 0.5) is 5.69 Å². The molecule has 1 aliphatic heterocycles. The first-order chi connectivity index (χ1) is 8.63. The van der Waals surface area contributed by atoms with Crippen molar-refractivity contribution in [2.24, 2.45) is 0 Å². The van der Waals surface area contributed by atoms with Crippen LogP contribution in [0.2, 0.25) is 9.36 Å². The largest absolute Gasteiger partial charge is 0.321 e. The second-order valence-corrected chi connectivity index (χ2v) is 6.03. The summed E-state index contributed by atoms with van der Waals surface area (Å²) in [6, 6.07) is 9.07. The number of benzene rings is 1. The molecule has 2 nitrogen and oxygen atoms in total. The van der Waals surface area contributed by atoms with Gasteiger partial charge in [0, 0.05) is 15.5 Å². The van der Waals surface area contributed by atoms with Crippen LogP contribution in [-0.2, 0) is 4.79 Å². The van der Waals surface area contributed by atoms with Crippen molar-refractivity contribution in [1.82, 2.24) is 0 Å². The minimum absolute atomic E-state index is 0.114. The van der Waals surface area contributed by atoms with Crippen LogP contribution in [0.5, 0.6) is 0 Å². The molecule has 1 N–H and O–H groups in total. The summed E-state index contributed by atoms with van der Waals surface area (Å²) < 4.78 is 0.705. The van der Waals surface area contributed by atoms with Crippen LogP contribution >= 0.6 is 34.5 Å². The molecule has 3 rings (SSSR count). The third kappa shape index (κ3) is 2.05. The van der Waals surface area contributed by atoms with Crippen molar-refractivity contribution in [3.63, 3.8) is 0 Å². The average molecular weight is 296 g/mol. The number of carbonyl (C=O) groups is 1. The number of carbonyl (C=O) groups excluding carboxylic acids is 1. The molecular weight excluding hydrogens is 289 g/mol. The number of hydrogen-bond donors (Lipinski definition) is 1. The highest BCUT2D eigenvalue weighted by molar-refractivity contribution is 7.17. The predicted molar refractivity (Wildman–Crippen MR) is 77.3 cm³/mol. The van der Waals surface area contributed by atoms with Gasteiger partial charge in [-0.2, -0.15) is 0 Å². The van der Waals surface area contributed by atoms with Gasteiger partial charge in [-0.05, 0) is 30.3 Å². The summed E-state index contributed by atoms with van der Waals surface area (Å²) in [6.45, 7) is 0. The Morgan fingerprint density at radius 1 is 1.17 bits per heavy atom. The lowest BCUT2D eigenvalue weighted by Gasteiger charge is -1.97. The first-order valence-corrected chi connectivity index (χ1v) is 6.79. The van der Waals surface area contributed by atoms with Gasteiger partial charge < -0.3 is 5.32 Å². The Kier molecular flexibility index (Phi) is 2.90. The average Bonchev–Trinajstić information content (AvgIpc) is 2.84. The molecule has 0 saturated heterocycles. The van der Waals surface area contributed by atoms with Crippen LogP contribution in [0.15, 0.2) is 30.3 Å². The van der Waals surface area contributed by atoms with E-state index in [0.717, 1.165) is 16.1 Å². The standard InChI is InChI=1S/C13H7Cl2NOS/c14-7-1-3-9-10(13(17)16-11(9)5-7)6-8-2-4-12(15)18-8/h1-6H,(H,16,17). The Labute approximate surface area is 118 Å². The first kappa shape index (κ1) is 11.8. The van der Waals surface area contributed by atoms with Crippen LogP contribution in [0.25, 0.3) is 11.6 Å². The predicted octanol–water partition coefficient (Wildman–Crippen LogP) is 4.55. The molecule has 0 spiro atoms. The van der Waals surface area contributed by atoms with Gasteiger partial charge in [-0.25, -0.2) is 0 Å². The van der Waals surface area contributed by atoms with Crippen LogP contribution in [0, 0.1) is 0 Å². The molecule has 1 amide bonds. The molecule has 18 heavy (non-hydrogen) atoms. The zero-order chi connectivity index (χ0) is 12.7. The van der Waals surface area contributed by atoms with Crippen molar-refractivity contribution in [2.45, 2.75) is 0 Å². The fraction of sp³-hybridized carbons (Fsp3) is 0. The van der Waals surface area contributed by atoms with E-state index in [1.165, 1.54) is 11.3 Å². The Balaban J connectivity index is 2.09. The van der Waals surface area contributed by atoms with E-state index in [1.807, 2.05) is 24.3 Å². The molecule has 2 heterocycles. The highest BCUT2D eigenvalue weighted by atomic mass is 35.5. The second kappa shape index (κ2) is 4.43. The zero-order valence-corrected chi connectivity index (χ0v) is 11.4. The van der Waals surface area contributed by atoms with Crippen LogP contribution in [-0.4, -0.2) is 5.91 Å². The molecule has 1 aromatic carbocycles. The number of halogens is 2. The van der Waals surface area contributed by atoms with Crippen molar-refractivity contribution < 1.29 is 4.79 Å². The van der Waals surface area contributed by atoms with Crippen LogP contribution in [0.1, 0.15) is 10.4 Å². The first-order valence-electron chi connectivity index (χ1n) is 5.22. The molecule has 0 saturated carbocycles. The maximum Gasteiger partial charge on any atom is 0.256 e. The molecule has 90 valence electrons. The van der Waals surface area contributed by atoms with E-state index in [9.17, 15) is 4.79 Å². The number of hydrogen-bond acceptors (Lipinski definition) is 2. The van der Waals surface area contributed by atoms with Gasteiger partial charge in [-0.3, -0.25) is 4.79 Å². The molecule has 1 aromatic heterocycles. The van der Waals surface area contributed by atoms with Crippen molar-refractivity contribution in [1.29, 1.82) is 0 Å². The van der Waals surface area contributed by atoms with Crippen LogP contribution < -0.4 is 5.32 Å². The molecule has 0 aliphatic carbocycles. The minimum Gasteiger partial charge on any atom is -0.321 e. The summed E-state index contributed by atoms with van der Waals surface area (Å²) in [5.74, 6) is -0.114. The summed E-state index contributed by atoms with van der Waals surface area (Å²) in [7, 11) is 0. The molecule has 1 aliphatic rings. The number of nitrogens with one attached hydrogen (secondary N) is 1. The smallest absolute Gasteiger partial charge is 0.256 e. The minimum atomic E-state index is -0.114. The van der Waals surface area contributed by atoms with E-state index in [4.69, 9.17) is 23.2 Å².